The van der Waals surface area contributed by atoms with Crippen LogP contribution in [0.5, 0.6) is 0 Å². The average Bonchev–Trinajstić information content (AvgIpc) is 2.63. The quantitative estimate of drug-likeness (QED) is 0.771. The third-order valence-corrected chi connectivity index (χ3v) is 6.19. The highest BCUT2D eigenvalue weighted by molar-refractivity contribution is 7.89. The first-order chi connectivity index (χ1) is 12.7. The molecule has 28 heavy (non-hydrogen) atoms. The van der Waals surface area contributed by atoms with Gasteiger partial charge in [0.05, 0.1) is 10.5 Å². The van der Waals surface area contributed by atoms with E-state index in [1.165, 1.54) is 5.56 Å². The second-order valence-electron chi connectivity index (χ2n) is 6.68. The fourth-order valence-electron chi connectivity index (χ4n) is 3.16. The molecule has 1 fully saturated rings. The average molecular weight is 435 g/mol. The van der Waals surface area contributed by atoms with Crippen molar-refractivity contribution in [2.45, 2.75) is 36.5 Å². The maximum absolute atomic E-state index is 12.6. The molecule has 0 saturated carbocycles. The second-order valence-corrected chi connectivity index (χ2v) is 8.39. The minimum atomic E-state index is -4.48. The van der Waals surface area contributed by atoms with Crippen LogP contribution in [0.25, 0.3) is 0 Å². The van der Waals surface area contributed by atoms with Crippen LogP contribution in [0.2, 0.25) is 0 Å². The molecule has 1 aliphatic rings. The topological polar surface area (TPSA) is 49.4 Å². The van der Waals surface area contributed by atoms with Crippen molar-refractivity contribution in [1.29, 1.82) is 0 Å². The van der Waals surface area contributed by atoms with E-state index in [2.05, 4.69) is 21.8 Å². The number of nitrogens with one attached hydrogen (secondary N) is 1. The van der Waals surface area contributed by atoms with Gasteiger partial charge in [-0.15, -0.1) is 12.4 Å². The maximum atomic E-state index is 12.6. The highest BCUT2D eigenvalue weighted by Gasteiger charge is 2.31. The Morgan fingerprint density at radius 2 is 1.54 bits per heavy atom. The highest BCUT2D eigenvalue weighted by atomic mass is 35.5. The molecule has 0 aromatic heterocycles. The van der Waals surface area contributed by atoms with Crippen LogP contribution >= 0.6 is 12.4 Å². The Bertz CT molecular complexity index is 851. The van der Waals surface area contributed by atoms with E-state index in [4.69, 9.17) is 0 Å². The van der Waals surface area contributed by atoms with E-state index in [-0.39, 0.29) is 23.3 Å². The maximum Gasteiger partial charge on any atom is 0.416 e. The van der Waals surface area contributed by atoms with Crippen molar-refractivity contribution in [3.8, 4) is 0 Å². The lowest BCUT2D eigenvalue weighted by atomic mass is 10.1. The Kier molecular flexibility index (Phi) is 7.50. The number of likely N-dealkylation sites (tertiary alicyclic amines) is 1. The summed E-state index contributed by atoms with van der Waals surface area (Å²) in [6, 6.07) is 13.4. The molecule has 0 spiro atoms. The number of benzene rings is 2. The molecule has 4 nitrogen and oxygen atoms in total. The van der Waals surface area contributed by atoms with Gasteiger partial charge >= 0.3 is 6.18 Å². The molecule has 2 aromatic rings. The third kappa shape index (κ3) is 5.94. The van der Waals surface area contributed by atoms with Crippen LogP contribution in [-0.4, -0.2) is 32.4 Å². The number of piperidine rings is 1. The van der Waals surface area contributed by atoms with E-state index in [0.29, 0.717) is 12.8 Å². The number of alkyl halides is 3. The molecular formula is C19H22ClF3N2O2S. The molecule has 0 amide bonds. The molecule has 0 atom stereocenters. The summed E-state index contributed by atoms with van der Waals surface area (Å²) in [6.07, 6.45) is -3.17. The zero-order valence-corrected chi connectivity index (χ0v) is 16.7. The summed E-state index contributed by atoms with van der Waals surface area (Å²) in [6.45, 7) is 2.34. The normalized spacial score (nSPS) is 16.5. The summed E-state index contributed by atoms with van der Waals surface area (Å²) in [4.78, 5) is 2.11. The molecular weight excluding hydrogens is 413 g/mol. The SMILES string of the molecule is Cl.O=S(=O)(NC1CCN(Cc2ccccc2)CC1)c1ccc(C(F)(F)F)cc1. The van der Waals surface area contributed by atoms with Crippen LogP contribution < -0.4 is 4.72 Å². The lowest BCUT2D eigenvalue weighted by molar-refractivity contribution is -0.137. The van der Waals surface area contributed by atoms with Crippen molar-refractivity contribution in [2.24, 2.45) is 0 Å². The van der Waals surface area contributed by atoms with Gasteiger partial charge in [-0.1, -0.05) is 30.3 Å². The van der Waals surface area contributed by atoms with Crippen LogP contribution in [0.1, 0.15) is 24.0 Å². The van der Waals surface area contributed by atoms with Gasteiger partial charge in [0, 0.05) is 25.7 Å². The Labute approximate surface area is 169 Å². The molecule has 2 aromatic carbocycles. The summed E-state index contributed by atoms with van der Waals surface area (Å²) in [5, 5.41) is 0. The molecule has 1 saturated heterocycles. The van der Waals surface area contributed by atoms with Crippen molar-refractivity contribution in [3.05, 3.63) is 65.7 Å². The highest BCUT2D eigenvalue weighted by Crippen LogP contribution is 2.29. The zero-order chi connectivity index (χ0) is 19.5. The van der Waals surface area contributed by atoms with Gasteiger partial charge in [0.2, 0.25) is 10.0 Å². The summed E-state index contributed by atoms with van der Waals surface area (Å²) >= 11 is 0. The molecule has 154 valence electrons. The predicted octanol–water partition coefficient (Wildman–Crippen LogP) is 4.07. The van der Waals surface area contributed by atoms with Gasteiger partial charge in [-0.3, -0.25) is 4.90 Å². The molecule has 1 heterocycles. The predicted molar refractivity (Wildman–Crippen MR) is 104 cm³/mol. The van der Waals surface area contributed by atoms with Gasteiger partial charge in [-0.25, -0.2) is 13.1 Å². The van der Waals surface area contributed by atoms with Crippen LogP contribution in [0, 0.1) is 0 Å². The fourth-order valence-corrected chi connectivity index (χ4v) is 4.47. The molecule has 9 heteroatoms. The summed E-state index contributed by atoms with van der Waals surface area (Å²) in [5.74, 6) is 0. The van der Waals surface area contributed by atoms with Crippen LogP contribution in [0.15, 0.2) is 59.5 Å². The Morgan fingerprint density at radius 1 is 0.964 bits per heavy atom. The minimum absolute atomic E-state index is 0. The number of nitrogens with zero attached hydrogens (tertiary/aromatic N) is 1. The number of hydrogen-bond donors (Lipinski definition) is 1. The standard InChI is InChI=1S/C19H21F3N2O2S.ClH/c20-19(21,22)16-6-8-18(9-7-16)27(25,26)23-17-10-12-24(13-11-17)14-15-4-2-1-3-5-15;/h1-9,17,23H,10-14H2;1H. The van der Waals surface area contributed by atoms with Crippen molar-refractivity contribution >= 4 is 22.4 Å². The molecule has 0 bridgehead atoms. The van der Waals surface area contributed by atoms with E-state index < -0.39 is 21.8 Å². The lowest BCUT2D eigenvalue weighted by Crippen LogP contribution is -2.44. The molecule has 0 radical (unpaired) electrons. The van der Waals surface area contributed by atoms with Crippen molar-refractivity contribution in [3.63, 3.8) is 0 Å². The lowest BCUT2D eigenvalue weighted by Gasteiger charge is -2.32. The van der Waals surface area contributed by atoms with E-state index in [1.807, 2.05) is 18.2 Å². The van der Waals surface area contributed by atoms with Crippen LogP contribution in [0.4, 0.5) is 13.2 Å². The second kappa shape index (κ2) is 9.26. The smallest absolute Gasteiger partial charge is 0.299 e. The van der Waals surface area contributed by atoms with E-state index in [1.54, 1.807) is 0 Å². The van der Waals surface area contributed by atoms with Gasteiger partial charge in [-0.05, 0) is 42.7 Å². The van der Waals surface area contributed by atoms with Crippen molar-refractivity contribution in [2.75, 3.05) is 13.1 Å². The number of halogens is 4. The van der Waals surface area contributed by atoms with Gasteiger partial charge < -0.3 is 0 Å². The fraction of sp³-hybridized carbons (Fsp3) is 0.368. The van der Waals surface area contributed by atoms with Crippen molar-refractivity contribution < 1.29 is 21.6 Å². The first-order valence-electron chi connectivity index (χ1n) is 8.70. The number of hydrogen-bond acceptors (Lipinski definition) is 3. The first-order valence-corrected chi connectivity index (χ1v) is 10.2. The summed E-state index contributed by atoms with van der Waals surface area (Å²) in [5.41, 5.74) is 0.344. The molecule has 0 unspecified atom stereocenters. The van der Waals surface area contributed by atoms with Gasteiger partial charge in [0.1, 0.15) is 0 Å². The minimum Gasteiger partial charge on any atom is -0.299 e. The first kappa shape index (κ1) is 22.7. The van der Waals surface area contributed by atoms with E-state index in [0.717, 1.165) is 43.9 Å². The number of sulfonamides is 1. The van der Waals surface area contributed by atoms with E-state index in [9.17, 15) is 21.6 Å². The molecule has 0 aliphatic carbocycles. The Hall–Kier alpha value is -1.61. The van der Waals surface area contributed by atoms with Crippen LogP contribution in [-0.2, 0) is 22.7 Å². The van der Waals surface area contributed by atoms with Gasteiger partial charge in [-0.2, -0.15) is 13.2 Å². The van der Waals surface area contributed by atoms with Gasteiger partial charge in [0.15, 0.2) is 0 Å². The monoisotopic (exact) mass is 434 g/mol. The molecule has 1 N–H and O–H groups in total. The van der Waals surface area contributed by atoms with Gasteiger partial charge in [0.25, 0.3) is 0 Å². The number of rotatable bonds is 5. The Morgan fingerprint density at radius 3 is 2.07 bits per heavy atom. The van der Waals surface area contributed by atoms with E-state index >= 15 is 0 Å². The third-order valence-electron chi connectivity index (χ3n) is 4.65. The Balaban J connectivity index is 0.00000280. The largest absolute Gasteiger partial charge is 0.416 e. The molecule has 3 rings (SSSR count). The van der Waals surface area contributed by atoms with Crippen LogP contribution in [0.3, 0.4) is 0 Å². The summed E-state index contributed by atoms with van der Waals surface area (Å²) in [7, 11) is -3.83. The zero-order valence-electron chi connectivity index (χ0n) is 15.0. The molecule has 1 aliphatic heterocycles. The summed E-state index contributed by atoms with van der Waals surface area (Å²) < 4.78 is 65.3. The van der Waals surface area contributed by atoms with Crippen molar-refractivity contribution in [1.82, 2.24) is 9.62 Å².